The summed E-state index contributed by atoms with van der Waals surface area (Å²) in [5, 5.41) is 8.26. The molecule has 1 saturated heterocycles. The lowest BCUT2D eigenvalue weighted by Gasteiger charge is -2.34. The van der Waals surface area contributed by atoms with Crippen LogP contribution in [0.5, 0.6) is 6.01 Å². The van der Waals surface area contributed by atoms with Gasteiger partial charge in [0, 0.05) is 31.7 Å². The third kappa shape index (κ3) is 6.20. The molecule has 1 aliphatic rings. The van der Waals surface area contributed by atoms with Crippen LogP contribution in [0.25, 0.3) is 5.65 Å². The SMILES string of the molecule is CCCC(C)Oc1nc(N)c2ncc(Cc3cnc(N4CCC(NCC(C)C)CC4)c(C)c3)n2n1. The molecule has 1 atom stereocenters. The van der Waals surface area contributed by atoms with E-state index in [1.165, 1.54) is 5.56 Å². The number of fused-ring (bicyclic) bond motifs is 1. The van der Waals surface area contributed by atoms with Gasteiger partial charge in [0.15, 0.2) is 11.5 Å². The highest BCUT2D eigenvalue weighted by molar-refractivity contribution is 5.60. The second-order valence-electron chi connectivity index (χ2n) is 10.2. The molecule has 0 aliphatic carbocycles. The zero-order valence-corrected chi connectivity index (χ0v) is 21.8. The Morgan fingerprint density at radius 1 is 1.17 bits per heavy atom. The summed E-state index contributed by atoms with van der Waals surface area (Å²) in [6.07, 6.45) is 8.72. The molecule has 3 N–H and O–H groups in total. The largest absolute Gasteiger partial charge is 0.459 e. The van der Waals surface area contributed by atoms with Crippen LogP contribution in [0, 0.1) is 12.8 Å². The minimum absolute atomic E-state index is 0.0271. The molecule has 1 aliphatic heterocycles. The van der Waals surface area contributed by atoms with Crippen molar-refractivity contribution < 1.29 is 4.74 Å². The van der Waals surface area contributed by atoms with Gasteiger partial charge in [-0.15, -0.1) is 5.10 Å². The molecule has 3 aromatic rings. The van der Waals surface area contributed by atoms with Gasteiger partial charge in [-0.1, -0.05) is 33.3 Å². The smallest absolute Gasteiger partial charge is 0.336 e. The standard InChI is InChI=1S/C26H40N8O/c1-6-7-19(5)35-26-31-23(27)25-30-16-22(34(25)32-26)13-20-12-18(4)24(29-15-20)33-10-8-21(9-11-33)28-14-17(2)3/h12,15-17,19,21,28H,6-11,13-14H2,1-5H3,(H2,27,31,32). The van der Waals surface area contributed by atoms with Crippen LogP contribution in [-0.2, 0) is 6.42 Å². The fourth-order valence-electron chi connectivity index (χ4n) is 4.70. The number of aromatic nitrogens is 5. The Kier molecular flexibility index (Phi) is 8.05. The first-order valence-corrected chi connectivity index (χ1v) is 12.9. The van der Waals surface area contributed by atoms with Crippen molar-refractivity contribution in [3.05, 3.63) is 35.3 Å². The second kappa shape index (κ2) is 11.2. The van der Waals surface area contributed by atoms with Gasteiger partial charge in [0.05, 0.1) is 18.0 Å². The number of imidazole rings is 1. The van der Waals surface area contributed by atoms with Gasteiger partial charge in [0.2, 0.25) is 0 Å². The van der Waals surface area contributed by atoms with Gasteiger partial charge in [0.25, 0.3) is 0 Å². The van der Waals surface area contributed by atoms with Gasteiger partial charge in [-0.05, 0) is 56.7 Å². The first kappa shape index (κ1) is 25.2. The molecule has 0 saturated carbocycles. The van der Waals surface area contributed by atoms with Gasteiger partial charge in [-0.25, -0.2) is 14.5 Å². The Balaban J connectivity index is 1.45. The van der Waals surface area contributed by atoms with E-state index in [0.717, 1.165) is 62.4 Å². The van der Waals surface area contributed by atoms with Crippen molar-refractivity contribution in [1.29, 1.82) is 0 Å². The number of pyridine rings is 1. The summed E-state index contributed by atoms with van der Waals surface area (Å²) in [5.74, 6) is 2.09. The fraction of sp³-hybridized carbons (Fsp3) is 0.615. The van der Waals surface area contributed by atoms with Crippen molar-refractivity contribution in [3.63, 3.8) is 0 Å². The lowest BCUT2D eigenvalue weighted by Crippen LogP contribution is -2.44. The quantitative estimate of drug-likeness (QED) is 0.451. The van der Waals surface area contributed by atoms with E-state index in [-0.39, 0.29) is 12.1 Å². The molecule has 1 unspecified atom stereocenters. The van der Waals surface area contributed by atoms with Crippen LogP contribution in [-0.4, -0.2) is 56.3 Å². The molecule has 1 fully saturated rings. The van der Waals surface area contributed by atoms with E-state index >= 15 is 0 Å². The molecule has 0 spiro atoms. The van der Waals surface area contributed by atoms with E-state index in [4.69, 9.17) is 15.5 Å². The van der Waals surface area contributed by atoms with E-state index in [1.807, 2.05) is 13.1 Å². The minimum atomic E-state index is 0.0271. The van der Waals surface area contributed by atoms with Crippen LogP contribution in [0.3, 0.4) is 0 Å². The highest BCUT2D eigenvalue weighted by Crippen LogP contribution is 2.24. The predicted molar refractivity (Wildman–Crippen MR) is 140 cm³/mol. The summed E-state index contributed by atoms with van der Waals surface area (Å²) >= 11 is 0. The Morgan fingerprint density at radius 3 is 2.63 bits per heavy atom. The van der Waals surface area contributed by atoms with Crippen LogP contribution in [0.4, 0.5) is 11.6 Å². The number of aryl methyl sites for hydroxylation is 1. The van der Waals surface area contributed by atoms with E-state index in [2.05, 4.69) is 59.0 Å². The van der Waals surface area contributed by atoms with Crippen molar-refractivity contribution in [1.82, 2.24) is 29.9 Å². The number of nitrogens with zero attached hydrogens (tertiary/aromatic N) is 6. The Labute approximate surface area is 208 Å². The van der Waals surface area contributed by atoms with Crippen molar-refractivity contribution in [3.8, 4) is 6.01 Å². The van der Waals surface area contributed by atoms with Crippen molar-refractivity contribution >= 4 is 17.3 Å². The van der Waals surface area contributed by atoms with Crippen molar-refractivity contribution in [2.75, 3.05) is 30.3 Å². The molecule has 0 aromatic carbocycles. The summed E-state index contributed by atoms with van der Waals surface area (Å²) in [6.45, 7) is 14.0. The van der Waals surface area contributed by atoms with Crippen LogP contribution < -0.4 is 20.7 Å². The third-order valence-corrected chi connectivity index (χ3v) is 6.54. The maximum absolute atomic E-state index is 6.15. The summed E-state index contributed by atoms with van der Waals surface area (Å²) in [7, 11) is 0. The average Bonchev–Trinajstić information content (AvgIpc) is 3.21. The molecule has 190 valence electrons. The first-order chi connectivity index (χ1) is 16.8. The van der Waals surface area contributed by atoms with Crippen LogP contribution in [0.2, 0.25) is 0 Å². The van der Waals surface area contributed by atoms with E-state index in [9.17, 15) is 0 Å². The maximum Gasteiger partial charge on any atom is 0.336 e. The summed E-state index contributed by atoms with van der Waals surface area (Å²) in [6, 6.07) is 3.11. The first-order valence-electron chi connectivity index (χ1n) is 12.9. The molecule has 0 radical (unpaired) electrons. The summed E-state index contributed by atoms with van der Waals surface area (Å²) in [4.78, 5) is 16.0. The van der Waals surface area contributed by atoms with Gasteiger partial charge in [-0.3, -0.25) is 0 Å². The molecule has 4 rings (SSSR count). The topological polar surface area (TPSA) is 106 Å². The normalized spacial score (nSPS) is 15.8. The fourth-order valence-corrected chi connectivity index (χ4v) is 4.70. The van der Waals surface area contributed by atoms with E-state index in [1.54, 1.807) is 10.7 Å². The molecular weight excluding hydrogens is 440 g/mol. The number of anilines is 2. The molecule has 9 heteroatoms. The zero-order valence-electron chi connectivity index (χ0n) is 21.8. The number of nitrogen functional groups attached to an aromatic ring is 1. The Bertz CT molecular complexity index is 1120. The molecule has 0 bridgehead atoms. The summed E-state index contributed by atoms with van der Waals surface area (Å²) < 4.78 is 7.63. The van der Waals surface area contributed by atoms with E-state index < -0.39 is 0 Å². The lowest BCUT2D eigenvalue weighted by atomic mass is 10.0. The van der Waals surface area contributed by atoms with Gasteiger partial charge >= 0.3 is 6.01 Å². The zero-order chi connectivity index (χ0) is 24.9. The van der Waals surface area contributed by atoms with Gasteiger partial charge < -0.3 is 20.7 Å². The number of rotatable bonds is 10. The molecule has 3 aromatic heterocycles. The third-order valence-electron chi connectivity index (χ3n) is 6.54. The number of nitrogens with two attached hydrogens (primary N) is 1. The highest BCUT2D eigenvalue weighted by atomic mass is 16.5. The Hall–Kier alpha value is -2.94. The number of ether oxygens (including phenoxy) is 1. The van der Waals surface area contributed by atoms with Gasteiger partial charge in [-0.2, -0.15) is 4.98 Å². The molecule has 9 nitrogen and oxygen atoms in total. The molecule has 0 amide bonds. The van der Waals surface area contributed by atoms with Crippen molar-refractivity contribution in [2.24, 2.45) is 5.92 Å². The molecule has 4 heterocycles. The van der Waals surface area contributed by atoms with Crippen LogP contribution in [0.15, 0.2) is 18.5 Å². The second-order valence-corrected chi connectivity index (χ2v) is 10.2. The van der Waals surface area contributed by atoms with E-state index in [0.29, 0.717) is 29.8 Å². The van der Waals surface area contributed by atoms with Crippen LogP contribution >= 0.6 is 0 Å². The Morgan fingerprint density at radius 2 is 1.94 bits per heavy atom. The minimum Gasteiger partial charge on any atom is -0.459 e. The van der Waals surface area contributed by atoms with Gasteiger partial charge in [0.1, 0.15) is 5.82 Å². The number of nitrogens with one attached hydrogen (secondary N) is 1. The molecule has 35 heavy (non-hydrogen) atoms. The van der Waals surface area contributed by atoms with Crippen LogP contribution in [0.1, 0.15) is 70.2 Å². The number of hydrogen-bond acceptors (Lipinski definition) is 8. The number of piperidine rings is 1. The highest BCUT2D eigenvalue weighted by Gasteiger charge is 2.21. The number of hydrogen-bond donors (Lipinski definition) is 2. The summed E-state index contributed by atoms with van der Waals surface area (Å²) in [5.41, 5.74) is 9.92. The maximum atomic E-state index is 6.15. The average molecular weight is 481 g/mol. The molecular formula is C26H40N8O. The lowest BCUT2D eigenvalue weighted by molar-refractivity contribution is 0.189. The monoisotopic (exact) mass is 480 g/mol. The predicted octanol–water partition coefficient (Wildman–Crippen LogP) is 3.78. The van der Waals surface area contributed by atoms with Crippen molar-refractivity contribution in [2.45, 2.75) is 78.9 Å².